The number of aryl methyl sites for hydroxylation is 2. The van der Waals surface area contributed by atoms with E-state index in [4.69, 9.17) is 4.52 Å². The number of carbonyl (C=O) groups is 1. The smallest absolute Gasteiger partial charge is 0.191 e. The molecule has 0 aromatic carbocycles. The van der Waals surface area contributed by atoms with Crippen LogP contribution in [0.25, 0.3) is 5.82 Å². The van der Waals surface area contributed by atoms with Gasteiger partial charge in [-0.05, 0) is 39.2 Å². The molecule has 166 valence electrons. The van der Waals surface area contributed by atoms with Gasteiger partial charge in [0.25, 0.3) is 0 Å². The van der Waals surface area contributed by atoms with Gasteiger partial charge in [-0.1, -0.05) is 16.9 Å². The Morgan fingerprint density at radius 2 is 2.03 bits per heavy atom. The first-order valence-electron chi connectivity index (χ1n) is 10.0. The predicted molar refractivity (Wildman–Crippen MR) is 117 cm³/mol. The van der Waals surface area contributed by atoms with E-state index in [1.807, 2.05) is 49.1 Å². The molecule has 3 aromatic heterocycles. The van der Waals surface area contributed by atoms with Gasteiger partial charge >= 0.3 is 0 Å². The van der Waals surface area contributed by atoms with Crippen molar-refractivity contribution in [3.63, 3.8) is 0 Å². The average Bonchev–Trinajstić information content (AvgIpc) is 3.43. The number of sulfone groups is 1. The van der Waals surface area contributed by atoms with Crippen LogP contribution in [0.3, 0.4) is 0 Å². The Hall–Kier alpha value is -2.40. The zero-order valence-electron chi connectivity index (χ0n) is 18.0. The second-order valence-electron chi connectivity index (χ2n) is 8.06. The zero-order chi connectivity index (χ0) is 22.3. The minimum Gasteiger partial charge on any atom is -0.360 e. The van der Waals surface area contributed by atoms with Crippen molar-refractivity contribution in [2.75, 3.05) is 17.3 Å². The van der Waals surface area contributed by atoms with Gasteiger partial charge in [0.1, 0.15) is 11.6 Å². The number of thioether (sulfide) groups is 1. The molecule has 0 unspecified atom stereocenters. The van der Waals surface area contributed by atoms with Crippen molar-refractivity contribution in [3.8, 4) is 5.82 Å². The highest BCUT2D eigenvalue weighted by Gasteiger charge is 2.29. The minimum absolute atomic E-state index is 0.00370. The summed E-state index contributed by atoms with van der Waals surface area (Å²) < 4.78 is 32.3. The van der Waals surface area contributed by atoms with Crippen LogP contribution < -0.4 is 0 Å². The highest BCUT2D eigenvalue weighted by atomic mass is 32.2. The van der Waals surface area contributed by atoms with Crippen LogP contribution in [0.1, 0.15) is 39.8 Å². The number of hydrogen-bond acceptors (Lipinski definition) is 8. The van der Waals surface area contributed by atoms with Crippen LogP contribution in [0.5, 0.6) is 0 Å². The van der Waals surface area contributed by atoms with E-state index in [0.717, 1.165) is 17.2 Å². The van der Waals surface area contributed by atoms with Crippen molar-refractivity contribution in [2.45, 2.75) is 38.8 Å². The fraction of sp³-hybridized carbons (Fsp3) is 0.500. The summed E-state index contributed by atoms with van der Waals surface area (Å²) in [4.78, 5) is 12.9. The van der Waals surface area contributed by atoms with Gasteiger partial charge in [-0.15, -0.1) is 10.2 Å². The molecule has 0 amide bonds. The summed E-state index contributed by atoms with van der Waals surface area (Å²) in [7, 11) is -1.07. The second-order valence-corrected chi connectivity index (χ2v) is 11.2. The highest BCUT2D eigenvalue weighted by Crippen LogP contribution is 2.26. The van der Waals surface area contributed by atoms with E-state index < -0.39 is 9.84 Å². The van der Waals surface area contributed by atoms with E-state index in [1.165, 1.54) is 11.8 Å². The molecule has 0 spiro atoms. The lowest BCUT2D eigenvalue weighted by molar-refractivity contribution is 0.102. The van der Waals surface area contributed by atoms with Gasteiger partial charge < -0.3 is 9.09 Å². The number of nitrogens with zero attached hydrogens (tertiary/aromatic N) is 5. The Kier molecular flexibility index (Phi) is 5.82. The van der Waals surface area contributed by atoms with E-state index in [0.29, 0.717) is 35.1 Å². The maximum atomic E-state index is 12.9. The molecule has 1 fully saturated rings. The summed E-state index contributed by atoms with van der Waals surface area (Å²) in [5.41, 5.74) is 2.37. The van der Waals surface area contributed by atoms with E-state index in [2.05, 4.69) is 15.4 Å². The number of hydrogen-bond donors (Lipinski definition) is 0. The lowest BCUT2D eigenvalue weighted by Gasteiger charge is -2.07. The number of ketones is 1. The number of Topliss-reactive ketones (excluding diaryl/α,β-unsaturated/α-hetero) is 1. The molecule has 0 bridgehead atoms. The summed E-state index contributed by atoms with van der Waals surface area (Å²) in [6.07, 6.45) is 1.24. The molecule has 4 heterocycles. The van der Waals surface area contributed by atoms with Crippen molar-refractivity contribution in [1.29, 1.82) is 0 Å². The first-order chi connectivity index (χ1) is 14.6. The van der Waals surface area contributed by atoms with Crippen LogP contribution in [0.15, 0.2) is 21.8 Å². The Morgan fingerprint density at radius 3 is 2.68 bits per heavy atom. The molecular weight excluding hydrogens is 438 g/mol. The zero-order valence-corrected chi connectivity index (χ0v) is 19.6. The second kappa shape index (κ2) is 8.27. The van der Waals surface area contributed by atoms with Crippen LogP contribution >= 0.6 is 11.8 Å². The van der Waals surface area contributed by atoms with Gasteiger partial charge in [-0.3, -0.25) is 9.36 Å². The molecular formula is C20H25N5O4S2. The third-order valence-corrected chi connectivity index (χ3v) is 8.49. The SMILES string of the molecule is Cc1cc(-n2c(C)cc(C(=O)CSc3nnc(C[C@@H]4CCS(=O)(=O)C4)n3C)c2C)no1. The Bertz CT molecular complexity index is 1240. The van der Waals surface area contributed by atoms with Crippen molar-refractivity contribution in [2.24, 2.45) is 13.0 Å². The largest absolute Gasteiger partial charge is 0.360 e. The van der Waals surface area contributed by atoms with Crippen LogP contribution in [0.2, 0.25) is 0 Å². The molecule has 1 aliphatic rings. The van der Waals surface area contributed by atoms with Crippen LogP contribution in [-0.4, -0.2) is 55.9 Å². The summed E-state index contributed by atoms with van der Waals surface area (Å²) in [6, 6.07) is 3.70. The molecule has 1 aliphatic heterocycles. The summed E-state index contributed by atoms with van der Waals surface area (Å²) >= 11 is 1.33. The molecule has 0 N–H and O–H groups in total. The quantitative estimate of drug-likeness (QED) is 0.388. The molecule has 0 aliphatic carbocycles. The highest BCUT2D eigenvalue weighted by molar-refractivity contribution is 7.99. The Morgan fingerprint density at radius 1 is 1.26 bits per heavy atom. The molecule has 31 heavy (non-hydrogen) atoms. The summed E-state index contributed by atoms with van der Waals surface area (Å²) in [5, 5.41) is 13.1. The number of aromatic nitrogens is 5. The van der Waals surface area contributed by atoms with Crippen LogP contribution in [0, 0.1) is 26.7 Å². The minimum atomic E-state index is -2.92. The number of carbonyl (C=O) groups excluding carboxylic acids is 1. The summed E-state index contributed by atoms with van der Waals surface area (Å²) in [5.74, 6) is 2.88. The van der Waals surface area contributed by atoms with Crippen molar-refractivity contribution in [1.82, 2.24) is 24.5 Å². The van der Waals surface area contributed by atoms with Gasteiger partial charge in [-0.2, -0.15) is 0 Å². The van der Waals surface area contributed by atoms with Crippen LogP contribution in [0.4, 0.5) is 0 Å². The van der Waals surface area contributed by atoms with Crippen LogP contribution in [-0.2, 0) is 23.3 Å². The first-order valence-corrected chi connectivity index (χ1v) is 12.8. The lowest BCUT2D eigenvalue weighted by Crippen LogP contribution is -2.11. The molecule has 4 rings (SSSR count). The van der Waals surface area contributed by atoms with Gasteiger partial charge in [0.2, 0.25) is 0 Å². The third-order valence-electron chi connectivity index (χ3n) is 5.63. The topological polar surface area (TPSA) is 113 Å². The molecule has 3 aromatic rings. The van der Waals surface area contributed by atoms with Gasteiger partial charge in [0.15, 0.2) is 26.6 Å². The molecule has 11 heteroatoms. The molecule has 0 radical (unpaired) electrons. The molecule has 1 atom stereocenters. The monoisotopic (exact) mass is 463 g/mol. The van der Waals surface area contributed by atoms with Gasteiger partial charge in [0, 0.05) is 36.5 Å². The maximum Gasteiger partial charge on any atom is 0.191 e. The fourth-order valence-electron chi connectivity index (χ4n) is 4.00. The fourth-order valence-corrected chi connectivity index (χ4v) is 6.68. The van der Waals surface area contributed by atoms with Gasteiger partial charge in [0.05, 0.1) is 17.3 Å². The van der Waals surface area contributed by atoms with Crippen molar-refractivity contribution < 1.29 is 17.7 Å². The predicted octanol–water partition coefficient (Wildman–Crippen LogP) is 2.47. The van der Waals surface area contributed by atoms with E-state index in [9.17, 15) is 13.2 Å². The van der Waals surface area contributed by atoms with E-state index >= 15 is 0 Å². The normalized spacial score (nSPS) is 18.0. The first kappa shape index (κ1) is 21.8. The van der Waals surface area contributed by atoms with Gasteiger partial charge in [-0.25, -0.2) is 8.42 Å². The molecule has 1 saturated heterocycles. The maximum absolute atomic E-state index is 12.9. The molecule has 0 saturated carbocycles. The standard InChI is InChI=1S/C20H25N5O4S2/c1-12-7-16(14(3)25(12)19-8-13(2)29-23-19)17(26)10-30-20-22-21-18(24(20)4)9-15-5-6-31(27,28)11-15/h7-8,15H,5-6,9-11H2,1-4H3/t15-/m0/s1. The Labute approximate surface area is 185 Å². The summed E-state index contributed by atoms with van der Waals surface area (Å²) in [6.45, 7) is 5.65. The van der Waals surface area contributed by atoms with E-state index in [-0.39, 0.29) is 29.0 Å². The Balaban J connectivity index is 1.43. The van der Waals surface area contributed by atoms with E-state index in [1.54, 1.807) is 0 Å². The van der Waals surface area contributed by atoms with Crippen molar-refractivity contribution >= 4 is 27.4 Å². The lowest BCUT2D eigenvalue weighted by atomic mass is 10.1. The molecule has 9 nitrogen and oxygen atoms in total. The third kappa shape index (κ3) is 4.47. The van der Waals surface area contributed by atoms with Crippen molar-refractivity contribution in [3.05, 3.63) is 40.7 Å². The average molecular weight is 464 g/mol. The number of rotatable bonds is 7.